The Hall–Kier alpha value is -2.87. The van der Waals surface area contributed by atoms with Gasteiger partial charge in [-0.3, -0.25) is 9.59 Å². The van der Waals surface area contributed by atoms with Crippen LogP contribution in [0.4, 0.5) is 5.69 Å². The SMILES string of the molecule is COc1cccc(N2CCN(C(=O)CCc3nc4sc5c(c4c(=O)[nH]3)CC[C@H](C)C5)CC2)c1. The van der Waals surface area contributed by atoms with Gasteiger partial charge in [0.05, 0.1) is 12.5 Å². The van der Waals surface area contributed by atoms with Crippen molar-refractivity contribution in [1.82, 2.24) is 14.9 Å². The van der Waals surface area contributed by atoms with E-state index in [-0.39, 0.29) is 11.5 Å². The minimum atomic E-state index is -0.0543. The van der Waals surface area contributed by atoms with Crippen molar-refractivity contribution in [2.24, 2.45) is 5.92 Å². The van der Waals surface area contributed by atoms with Gasteiger partial charge in [0.2, 0.25) is 5.91 Å². The molecule has 33 heavy (non-hydrogen) atoms. The van der Waals surface area contributed by atoms with Gasteiger partial charge in [0, 0.05) is 55.7 Å². The third-order valence-electron chi connectivity index (χ3n) is 6.84. The van der Waals surface area contributed by atoms with E-state index in [0.29, 0.717) is 37.7 Å². The molecule has 1 amide bonds. The van der Waals surface area contributed by atoms with Crippen molar-refractivity contribution < 1.29 is 9.53 Å². The fourth-order valence-corrected chi connectivity index (χ4v) is 6.32. The number of aromatic amines is 1. The molecule has 1 aliphatic carbocycles. The van der Waals surface area contributed by atoms with Gasteiger partial charge in [-0.05, 0) is 42.9 Å². The molecule has 0 bridgehead atoms. The molecule has 0 spiro atoms. The zero-order valence-electron chi connectivity index (χ0n) is 19.2. The summed E-state index contributed by atoms with van der Waals surface area (Å²) in [5.74, 6) is 2.22. The number of hydrogen-bond donors (Lipinski definition) is 1. The number of anilines is 1. The van der Waals surface area contributed by atoms with Gasteiger partial charge in [0.1, 0.15) is 16.4 Å². The summed E-state index contributed by atoms with van der Waals surface area (Å²) in [4.78, 5) is 39.6. The number of rotatable bonds is 5. The zero-order chi connectivity index (χ0) is 22.9. The van der Waals surface area contributed by atoms with E-state index in [4.69, 9.17) is 9.72 Å². The summed E-state index contributed by atoms with van der Waals surface area (Å²) in [6.07, 6.45) is 3.93. The fraction of sp³-hybridized carbons (Fsp3) is 0.480. The lowest BCUT2D eigenvalue weighted by Crippen LogP contribution is -2.48. The van der Waals surface area contributed by atoms with Crippen LogP contribution in [0, 0.1) is 5.92 Å². The highest BCUT2D eigenvalue weighted by molar-refractivity contribution is 7.18. The number of benzene rings is 1. The third kappa shape index (κ3) is 4.49. The van der Waals surface area contributed by atoms with Gasteiger partial charge < -0.3 is 19.5 Å². The van der Waals surface area contributed by atoms with E-state index in [1.165, 1.54) is 10.4 Å². The van der Waals surface area contributed by atoms with Crippen molar-refractivity contribution in [2.45, 2.75) is 39.0 Å². The second-order valence-corrected chi connectivity index (χ2v) is 10.2. The van der Waals surface area contributed by atoms with E-state index in [0.717, 1.165) is 54.0 Å². The van der Waals surface area contributed by atoms with Crippen molar-refractivity contribution in [3.63, 3.8) is 0 Å². The van der Waals surface area contributed by atoms with Gasteiger partial charge in [-0.1, -0.05) is 13.0 Å². The molecule has 1 aliphatic heterocycles. The monoisotopic (exact) mass is 466 g/mol. The molecule has 3 aromatic rings. The van der Waals surface area contributed by atoms with E-state index in [1.54, 1.807) is 18.4 Å². The maximum absolute atomic E-state index is 12.8. The summed E-state index contributed by atoms with van der Waals surface area (Å²) < 4.78 is 5.32. The molecule has 1 saturated heterocycles. The highest BCUT2D eigenvalue weighted by Crippen LogP contribution is 2.35. The lowest BCUT2D eigenvalue weighted by Gasteiger charge is -2.36. The highest BCUT2D eigenvalue weighted by Gasteiger charge is 2.24. The molecule has 3 heterocycles. The van der Waals surface area contributed by atoms with Crippen LogP contribution >= 0.6 is 11.3 Å². The normalized spacial score (nSPS) is 18.4. The first-order valence-corrected chi connectivity index (χ1v) is 12.5. The molecule has 0 saturated carbocycles. The number of methoxy groups -OCH3 is 1. The summed E-state index contributed by atoms with van der Waals surface area (Å²) in [5, 5.41) is 0.769. The molecule has 1 aromatic carbocycles. The predicted octanol–water partition coefficient (Wildman–Crippen LogP) is 3.40. The lowest BCUT2D eigenvalue weighted by molar-refractivity contribution is -0.131. The van der Waals surface area contributed by atoms with Gasteiger partial charge in [0.15, 0.2) is 0 Å². The Morgan fingerprint density at radius 3 is 2.88 bits per heavy atom. The number of amides is 1. The smallest absolute Gasteiger partial charge is 0.259 e. The molecule has 1 atom stereocenters. The molecule has 1 N–H and O–H groups in total. The third-order valence-corrected chi connectivity index (χ3v) is 7.99. The van der Waals surface area contributed by atoms with Crippen LogP contribution < -0.4 is 15.2 Å². The Kier molecular flexibility index (Phi) is 6.10. The predicted molar refractivity (Wildman–Crippen MR) is 132 cm³/mol. The number of thiophene rings is 1. The molecule has 5 rings (SSSR count). The summed E-state index contributed by atoms with van der Waals surface area (Å²) >= 11 is 1.65. The van der Waals surface area contributed by atoms with Crippen LogP contribution in [-0.4, -0.2) is 54.1 Å². The molecule has 2 aliphatic rings. The number of H-pyrrole nitrogens is 1. The second-order valence-electron chi connectivity index (χ2n) is 9.11. The fourth-order valence-electron chi connectivity index (χ4n) is 4.92. The van der Waals surface area contributed by atoms with Crippen molar-refractivity contribution in [3.05, 3.63) is 50.9 Å². The number of carbonyl (C=O) groups excluding carboxylic acids is 1. The van der Waals surface area contributed by atoms with Crippen molar-refractivity contribution >= 4 is 33.1 Å². The topological polar surface area (TPSA) is 78.5 Å². The van der Waals surface area contributed by atoms with Crippen LogP contribution in [0.1, 0.15) is 36.0 Å². The maximum atomic E-state index is 12.8. The number of ether oxygens (including phenoxy) is 1. The summed E-state index contributed by atoms with van der Waals surface area (Å²) in [5.41, 5.74) is 2.25. The number of hydrogen-bond acceptors (Lipinski definition) is 6. The van der Waals surface area contributed by atoms with Crippen LogP contribution in [0.3, 0.4) is 0 Å². The minimum absolute atomic E-state index is 0.0543. The summed E-state index contributed by atoms with van der Waals surface area (Å²) in [7, 11) is 1.67. The number of aromatic nitrogens is 2. The van der Waals surface area contributed by atoms with Crippen LogP contribution in [0.25, 0.3) is 10.2 Å². The van der Waals surface area contributed by atoms with Crippen LogP contribution in [0.5, 0.6) is 5.75 Å². The molecular weight excluding hydrogens is 436 g/mol. The average molecular weight is 467 g/mol. The number of piperazine rings is 1. The van der Waals surface area contributed by atoms with Gasteiger partial charge in [-0.2, -0.15) is 0 Å². The van der Waals surface area contributed by atoms with E-state index < -0.39 is 0 Å². The zero-order valence-corrected chi connectivity index (χ0v) is 20.0. The van der Waals surface area contributed by atoms with Crippen molar-refractivity contribution in [2.75, 3.05) is 38.2 Å². The molecule has 8 heteroatoms. The summed E-state index contributed by atoms with van der Waals surface area (Å²) in [6.45, 7) is 5.22. The Morgan fingerprint density at radius 2 is 2.09 bits per heavy atom. The second kappa shape index (κ2) is 9.17. The first-order valence-electron chi connectivity index (χ1n) is 11.7. The number of nitrogens with zero attached hydrogens (tertiary/aromatic N) is 3. The van der Waals surface area contributed by atoms with Crippen molar-refractivity contribution in [1.29, 1.82) is 0 Å². The first-order chi connectivity index (χ1) is 16.0. The number of nitrogens with one attached hydrogen (secondary N) is 1. The number of fused-ring (bicyclic) bond motifs is 3. The maximum Gasteiger partial charge on any atom is 0.259 e. The molecule has 2 aromatic heterocycles. The molecule has 7 nitrogen and oxygen atoms in total. The summed E-state index contributed by atoms with van der Waals surface area (Å²) in [6, 6.07) is 8.02. The highest BCUT2D eigenvalue weighted by atomic mass is 32.1. The van der Waals surface area contributed by atoms with Gasteiger partial charge >= 0.3 is 0 Å². The van der Waals surface area contributed by atoms with Gasteiger partial charge in [-0.15, -0.1) is 11.3 Å². The van der Waals surface area contributed by atoms with E-state index in [1.807, 2.05) is 23.1 Å². The average Bonchev–Trinajstić information content (AvgIpc) is 3.20. The van der Waals surface area contributed by atoms with Gasteiger partial charge in [-0.25, -0.2) is 4.98 Å². The number of aryl methyl sites for hydroxylation is 2. The van der Waals surface area contributed by atoms with E-state index >= 15 is 0 Å². The quantitative estimate of drug-likeness (QED) is 0.624. The van der Waals surface area contributed by atoms with E-state index in [9.17, 15) is 9.59 Å². The van der Waals surface area contributed by atoms with E-state index in [2.05, 4.69) is 22.9 Å². The molecular formula is C25H30N4O3S. The molecule has 0 unspecified atom stereocenters. The Morgan fingerprint density at radius 1 is 1.27 bits per heavy atom. The molecule has 1 fully saturated rings. The standard InChI is InChI=1S/C25H30N4O3S/c1-16-6-7-19-20(14-16)33-25-23(19)24(31)26-21(27-25)8-9-22(30)29-12-10-28(11-13-29)17-4-3-5-18(15-17)32-2/h3-5,15-16H,6-14H2,1-2H3,(H,26,27,31)/t16-/m0/s1. The van der Waals surface area contributed by atoms with Gasteiger partial charge in [0.25, 0.3) is 5.56 Å². The lowest BCUT2D eigenvalue weighted by atomic mass is 9.89. The minimum Gasteiger partial charge on any atom is -0.497 e. The Bertz CT molecular complexity index is 1230. The van der Waals surface area contributed by atoms with Crippen LogP contribution in [-0.2, 0) is 24.1 Å². The Balaban J connectivity index is 1.20. The number of carbonyl (C=O) groups is 1. The van der Waals surface area contributed by atoms with Crippen LogP contribution in [0.2, 0.25) is 0 Å². The first kappa shape index (κ1) is 21.9. The Labute approximate surface area is 197 Å². The van der Waals surface area contributed by atoms with Crippen molar-refractivity contribution in [3.8, 4) is 5.75 Å². The van der Waals surface area contributed by atoms with Crippen LogP contribution in [0.15, 0.2) is 29.1 Å². The molecule has 0 radical (unpaired) electrons. The molecule has 174 valence electrons. The largest absolute Gasteiger partial charge is 0.497 e.